The summed E-state index contributed by atoms with van der Waals surface area (Å²) in [6, 6.07) is 20.4. The summed E-state index contributed by atoms with van der Waals surface area (Å²) in [5.41, 5.74) is 2.49. The summed E-state index contributed by atoms with van der Waals surface area (Å²) in [6.45, 7) is 8.06. The molecule has 1 saturated heterocycles. The van der Waals surface area contributed by atoms with Crippen molar-refractivity contribution in [2.45, 2.75) is 26.4 Å². The highest BCUT2D eigenvalue weighted by Crippen LogP contribution is 2.21. The quantitative estimate of drug-likeness (QED) is 0.558. The SMILES string of the molecule is CCOc1ccc(-c2ccc(=O)n(C(C)C(=O)N3CCN(Cc4ccccc4)CC3)n2)cc1. The van der Waals surface area contributed by atoms with Crippen molar-refractivity contribution in [1.29, 1.82) is 0 Å². The lowest BCUT2D eigenvalue weighted by Crippen LogP contribution is -2.50. The van der Waals surface area contributed by atoms with Crippen LogP contribution >= 0.6 is 0 Å². The summed E-state index contributed by atoms with van der Waals surface area (Å²) in [5.74, 6) is 0.706. The molecule has 1 fully saturated rings. The van der Waals surface area contributed by atoms with Crippen LogP contribution in [0.1, 0.15) is 25.5 Å². The third kappa shape index (κ3) is 5.49. The van der Waals surface area contributed by atoms with E-state index < -0.39 is 6.04 Å². The Morgan fingerprint density at radius 2 is 1.67 bits per heavy atom. The molecule has 7 heteroatoms. The van der Waals surface area contributed by atoms with E-state index in [1.54, 1.807) is 13.0 Å². The monoisotopic (exact) mass is 446 g/mol. The second-order valence-electron chi connectivity index (χ2n) is 8.22. The zero-order valence-corrected chi connectivity index (χ0v) is 19.2. The van der Waals surface area contributed by atoms with E-state index in [0.29, 0.717) is 25.4 Å². The van der Waals surface area contributed by atoms with Gasteiger partial charge in [-0.05, 0) is 49.7 Å². The maximum Gasteiger partial charge on any atom is 0.267 e. The smallest absolute Gasteiger partial charge is 0.267 e. The van der Waals surface area contributed by atoms with E-state index in [4.69, 9.17) is 4.74 Å². The van der Waals surface area contributed by atoms with Crippen molar-refractivity contribution in [2.24, 2.45) is 0 Å². The van der Waals surface area contributed by atoms with Crippen molar-refractivity contribution in [1.82, 2.24) is 19.6 Å². The van der Waals surface area contributed by atoms with Gasteiger partial charge in [0.25, 0.3) is 5.56 Å². The van der Waals surface area contributed by atoms with Gasteiger partial charge in [0, 0.05) is 44.4 Å². The van der Waals surface area contributed by atoms with Gasteiger partial charge in [-0.1, -0.05) is 30.3 Å². The first-order chi connectivity index (χ1) is 16.0. The van der Waals surface area contributed by atoms with Crippen molar-refractivity contribution >= 4 is 5.91 Å². The summed E-state index contributed by atoms with van der Waals surface area (Å²) in [6.07, 6.45) is 0. The van der Waals surface area contributed by atoms with Gasteiger partial charge in [-0.15, -0.1) is 0 Å². The maximum atomic E-state index is 13.2. The van der Waals surface area contributed by atoms with Crippen LogP contribution in [0.15, 0.2) is 71.5 Å². The second kappa shape index (κ2) is 10.4. The molecule has 1 amide bonds. The predicted molar refractivity (Wildman–Crippen MR) is 128 cm³/mol. The van der Waals surface area contributed by atoms with Crippen LogP contribution in [0.3, 0.4) is 0 Å². The molecule has 1 unspecified atom stereocenters. The summed E-state index contributed by atoms with van der Waals surface area (Å²) in [5, 5.41) is 4.51. The number of ether oxygens (including phenoxy) is 1. The van der Waals surface area contributed by atoms with Crippen LogP contribution in [0.4, 0.5) is 0 Å². The Labute approximate surface area is 194 Å². The fourth-order valence-corrected chi connectivity index (χ4v) is 4.08. The summed E-state index contributed by atoms with van der Waals surface area (Å²) in [7, 11) is 0. The Bertz CT molecular complexity index is 1120. The van der Waals surface area contributed by atoms with E-state index >= 15 is 0 Å². The summed E-state index contributed by atoms with van der Waals surface area (Å²) in [4.78, 5) is 29.9. The molecule has 0 aliphatic carbocycles. The van der Waals surface area contributed by atoms with Crippen LogP contribution in [0.2, 0.25) is 0 Å². The van der Waals surface area contributed by atoms with Crippen molar-refractivity contribution < 1.29 is 9.53 Å². The number of aromatic nitrogens is 2. The molecular formula is C26H30N4O3. The number of amides is 1. The number of hydrogen-bond acceptors (Lipinski definition) is 5. The first-order valence-corrected chi connectivity index (χ1v) is 11.4. The molecule has 7 nitrogen and oxygen atoms in total. The molecule has 1 aliphatic rings. The zero-order valence-electron chi connectivity index (χ0n) is 19.2. The molecule has 0 spiro atoms. The Kier molecular flexibility index (Phi) is 7.19. The van der Waals surface area contributed by atoms with Crippen LogP contribution in [0.25, 0.3) is 11.3 Å². The fraction of sp³-hybridized carbons (Fsp3) is 0.346. The van der Waals surface area contributed by atoms with Gasteiger partial charge in [-0.25, -0.2) is 4.68 Å². The first-order valence-electron chi connectivity index (χ1n) is 11.4. The molecule has 1 aromatic heterocycles. The van der Waals surface area contributed by atoms with Gasteiger partial charge < -0.3 is 9.64 Å². The molecular weight excluding hydrogens is 416 g/mol. The molecule has 0 bridgehead atoms. The van der Waals surface area contributed by atoms with Crippen LogP contribution < -0.4 is 10.3 Å². The highest BCUT2D eigenvalue weighted by atomic mass is 16.5. The number of piperazine rings is 1. The van der Waals surface area contributed by atoms with Gasteiger partial charge >= 0.3 is 0 Å². The maximum absolute atomic E-state index is 13.2. The van der Waals surface area contributed by atoms with Crippen LogP contribution in [-0.4, -0.2) is 58.3 Å². The second-order valence-corrected chi connectivity index (χ2v) is 8.22. The van der Waals surface area contributed by atoms with E-state index in [1.807, 2.05) is 54.3 Å². The standard InChI is InChI=1S/C26H30N4O3/c1-3-33-23-11-9-22(10-12-23)24-13-14-25(31)30(27-24)20(2)26(32)29-17-15-28(16-18-29)19-21-7-5-4-6-8-21/h4-14,20H,3,15-19H2,1-2H3. The topological polar surface area (TPSA) is 67.7 Å². The highest BCUT2D eigenvalue weighted by molar-refractivity contribution is 5.80. The predicted octanol–water partition coefficient (Wildman–Crippen LogP) is 3.21. The lowest BCUT2D eigenvalue weighted by Gasteiger charge is -2.36. The van der Waals surface area contributed by atoms with Crippen molar-refractivity contribution in [3.63, 3.8) is 0 Å². The Hall–Kier alpha value is -3.45. The molecule has 3 aromatic rings. The Balaban J connectivity index is 1.42. The molecule has 0 radical (unpaired) electrons. The lowest BCUT2D eigenvalue weighted by molar-refractivity contribution is -0.136. The Morgan fingerprint density at radius 1 is 0.970 bits per heavy atom. The average Bonchev–Trinajstić information content (AvgIpc) is 2.85. The molecule has 1 atom stereocenters. The minimum atomic E-state index is -0.666. The molecule has 1 aliphatic heterocycles. The fourth-order valence-electron chi connectivity index (χ4n) is 4.08. The van der Waals surface area contributed by atoms with Gasteiger partial charge in [0.2, 0.25) is 5.91 Å². The normalized spacial score (nSPS) is 15.3. The number of nitrogens with zero attached hydrogens (tertiary/aromatic N) is 4. The number of carbonyl (C=O) groups excluding carboxylic acids is 1. The van der Waals surface area contributed by atoms with Crippen LogP contribution in [0, 0.1) is 0 Å². The molecule has 4 rings (SSSR count). The highest BCUT2D eigenvalue weighted by Gasteiger charge is 2.27. The molecule has 33 heavy (non-hydrogen) atoms. The van der Waals surface area contributed by atoms with E-state index in [2.05, 4.69) is 22.1 Å². The van der Waals surface area contributed by atoms with E-state index in [-0.39, 0.29) is 11.5 Å². The molecule has 0 N–H and O–H groups in total. The van der Waals surface area contributed by atoms with Gasteiger partial charge in [-0.3, -0.25) is 14.5 Å². The van der Waals surface area contributed by atoms with Gasteiger partial charge in [0.1, 0.15) is 11.8 Å². The molecule has 172 valence electrons. The lowest BCUT2D eigenvalue weighted by atomic mass is 10.1. The largest absolute Gasteiger partial charge is 0.494 e. The van der Waals surface area contributed by atoms with Crippen molar-refractivity contribution in [3.8, 4) is 17.0 Å². The minimum Gasteiger partial charge on any atom is -0.494 e. The minimum absolute atomic E-state index is 0.0761. The number of hydrogen-bond donors (Lipinski definition) is 0. The number of benzene rings is 2. The van der Waals surface area contributed by atoms with E-state index in [9.17, 15) is 9.59 Å². The average molecular weight is 447 g/mol. The van der Waals surface area contributed by atoms with Gasteiger partial charge in [0.15, 0.2) is 0 Å². The van der Waals surface area contributed by atoms with Gasteiger partial charge in [-0.2, -0.15) is 5.10 Å². The van der Waals surface area contributed by atoms with E-state index in [1.165, 1.54) is 16.3 Å². The molecule has 0 saturated carbocycles. The number of rotatable bonds is 7. The number of carbonyl (C=O) groups is 1. The molecule has 2 heterocycles. The Morgan fingerprint density at radius 3 is 2.33 bits per heavy atom. The summed E-state index contributed by atoms with van der Waals surface area (Å²) < 4.78 is 6.78. The third-order valence-electron chi connectivity index (χ3n) is 5.94. The summed E-state index contributed by atoms with van der Waals surface area (Å²) >= 11 is 0. The first kappa shape index (κ1) is 22.7. The van der Waals surface area contributed by atoms with Crippen molar-refractivity contribution in [3.05, 3.63) is 82.6 Å². The third-order valence-corrected chi connectivity index (χ3v) is 5.94. The van der Waals surface area contributed by atoms with Crippen molar-refractivity contribution in [2.75, 3.05) is 32.8 Å². The van der Waals surface area contributed by atoms with Crippen LogP contribution in [-0.2, 0) is 11.3 Å². The van der Waals surface area contributed by atoms with E-state index in [0.717, 1.165) is 30.9 Å². The van der Waals surface area contributed by atoms with Gasteiger partial charge in [0.05, 0.1) is 12.3 Å². The zero-order chi connectivity index (χ0) is 23.2. The van der Waals surface area contributed by atoms with Crippen LogP contribution in [0.5, 0.6) is 5.75 Å². The molecule has 2 aromatic carbocycles.